The highest BCUT2D eigenvalue weighted by atomic mass is 32.1. The fraction of sp³-hybridized carbons (Fsp3) is 0.308. The number of aromatic nitrogens is 1. The van der Waals surface area contributed by atoms with Crippen LogP contribution in [0.15, 0.2) is 29.6 Å². The summed E-state index contributed by atoms with van der Waals surface area (Å²) in [7, 11) is 1.98. The molecule has 3 nitrogen and oxygen atoms in total. The molecule has 1 atom stereocenters. The van der Waals surface area contributed by atoms with Crippen LogP contribution < -0.4 is 4.90 Å². The van der Waals surface area contributed by atoms with Crippen LogP contribution in [0, 0.1) is 6.92 Å². The summed E-state index contributed by atoms with van der Waals surface area (Å²) in [5.74, 6) is 0. The Balaban J connectivity index is 2.24. The minimum Gasteiger partial charge on any atom is -0.387 e. The minimum absolute atomic E-state index is 0.508. The zero-order chi connectivity index (χ0) is 12.4. The third-order valence-electron chi connectivity index (χ3n) is 2.65. The van der Waals surface area contributed by atoms with Gasteiger partial charge >= 0.3 is 0 Å². The van der Waals surface area contributed by atoms with Crippen LogP contribution in [0.5, 0.6) is 0 Å². The van der Waals surface area contributed by atoms with Crippen molar-refractivity contribution in [3.05, 3.63) is 40.9 Å². The Labute approximate surface area is 105 Å². The van der Waals surface area contributed by atoms with E-state index in [9.17, 15) is 5.11 Å². The van der Waals surface area contributed by atoms with E-state index in [1.807, 2.05) is 17.3 Å². The maximum atomic E-state index is 9.45. The second-order valence-electron chi connectivity index (χ2n) is 4.13. The van der Waals surface area contributed by atoms with Gasteiger partial charge in [-0.25, -0.2) is 4.98 Å². The number of rotatable bonds is 3. The van der Waals surface area contributed by atoms with E-state index in [0.29, 0.717) is 0 Å². The van der Waals surface area contributed by atoms with Gasteiger partial charge < -0.3 is 10.0 Å². The van der Waals surface area contributed by atoms with E-state index in [1.165, 1.54) is 16.9 Å². The first-order valence-electron chi connectivity index (χ1n) is 5.52. The molecule has 0 bridgehead atoms. The first kappa shape index (κ1) is 12.1. The Morgan fingerprint density at radius 3 is 2.47 bits per heavy atom. The molecule has 2 aromatic rings. The van der Waals surface area contributed by atoms with Gasteiger partial charge in [-0.15, -0.1) is 11.3 Å². The fourth-order valence-electron chi connectivity index (χ4n) is 1.50. The lowest BCUT2D eigenvalue weighted by atomic mass is 10.2. The van der Waals surface area contributed by atoms with E-state index in [4.69, 9.17) is 0 Å². The molecule has 0 spiro atoms. The maximum Gasteiger partial charge on any atom is 0.189 e. The molecule has 4 heteroatoms. The van der Waals surface area contributed by atoms with Crippen molar-refractivity contribution in [1.29, 1.82) is 0 Å². The molecule has 1 heterocycles. The maximum absolute atomic E-state index is 9.45. The number of hydrogen-bond acceptors (Lipinski definition) is 4. The molecule has 1 unspecified atom stereocenters. The molecule has 90 valence electrons. The highest BCUT2D eigenvalue weighted by molar-refractivity contribution is 7.13. The van der Waals surface area contributed by atoms with Crippen LogP contribution in [0.3, 0.4) is 0 Å². The van der Waals surface area contributed by atoms with Crippen molar-refractivity contribution in [3.8, 4) is 0 Å². The van der Waals surface area contributed by atoms with E-state index in [2.05, 4.69) is 36.2 Å². The molecule has 0 aliphatic rings. The van der Waals surface area contributed by atoms with Crippen molar-refractivity contribution < 1.29 is 5.11 Å². The Morgan fingerprint density at radius 2 is 1.94 bits per heavy atom. The van der Waals surface area contributed by atoms with Crippen LogP contribution in [0.2, 0.25) is 0 Å². The van der Waals surface area contributed by atoms with Gasteiger partial charge in [0.15, 0.2) is 5.13 Å². The molecule has 0 saturated carbocycles. The summed E-state index contributed by atoms with van der Waals surface area (Å²) >= 11 is 1.54. The van der Waals surface area contributed by atoms with Crippen LogP contribution in [0.4, 0.5) is 10.8 Å². The molecule has 1 N–H and O–H groups in total. The Bertz CT molecular complexity index is 490. The number of anilines is 2. The zero-order valence-electron chi connectivity index (χ0n) is 10.2. The van der Waals surface area contributed by atoms with Gasteiger partial charge in [0, 0.05) is 18.1 Å². The van der Waals surface area contributed by atoms with Gasteiger partial charge in [-0.05, 0) is 26.0 Å². The predicted molar refractivity (Wildman–Crippen MR) is 72.0 cm³/mol. The first-order chi connectivity index (χ1) is 8.08. The summed E-state index contributed by atoms with van der Waals surface area (Å²) in [6.45, 7) is 3.80. The smallest absolute Gasteiger partial charge is 0.189 e. The normalized spacial score (nSPS) is 12.5. The Kier molecular flexibility index (Phi) is 3.45. The topological polar surface area (TPSA) is 36.4 Å². The third kappa shape index (κ3) is 2.65. The van der Waals surface area contributed by atoms with Gasteiger partial charge in [0.2, 0.25) is 0 Å². The summed E-state index contributed by atoms with van der Waals surface area (Å²) in [5.41, 5.74) is 3.07. The molecule has 1 aromatic heterocycles. The molecule has 17 heavy (non-hydrogen) atoms. The second kappa shape index (κ2) is 4.85. The van der Waals surface area contributed by atoms with Crippen LogP contribution in [-0.4, -0.2) is 17.1 Å². The van der Waals surface area contributed by atoms with Crippen molar-refractivity contribution in [3.63, 3.8) is 0 Å². The van der Waals surface area contributed by atoms with Crippen molar-refractivity contribution in [2.24, 2.45) is 0 Å². The molecule has 2 rings (SSSR count). The SMILES string of the molecule is Cc1ccc(N(C)c2nc(C(C)O)cs2)cc1. The van der Waals surface area contributed by atoms with Crippen molar-refractivity contribution in [2.75, 3.05) is 11.9 Å². The van der Waals surface area contributed by atoms with Gasteiger partial charge in [0.1, 0.15) is 0 Å². The molecular formula is C13H16N2OS. The van der Waals surface area contributed by atoms with E-state index in [1.54, 1.807) is 6.92 Å². The molecule has 0 fully saturated rings. The molecule has 0 aliphatic heterocycles. The molecule has 0 saturated heterocycles. The van der Waals surface area contributed by atoms with E-state index < -0.39 is 6.10 Å². The predicted octanol–water partition coefficient (Wildman–Crippen LogP) is 3.27. The lowest BCUT2D eigenvalue weighted by Crippen LogP contribution is -2.09. The molecular weight excluding hydrogens is 232 g/mol. The lowest BCUT2D eigenvalue weighted by Gasteiger charge is -2.15. The van der Waals surface area contributed by atoms with E-state index in [0.717, 1.165) is 16.5 Å². The first-order valence-corrected chi connectivity index (χ1v) is 6.40. The van der Waals surface area contributed by atoms with Crippen LogP contribution in [-0.2, 0) is 0 Å². The zero-order valence-corrected chi connectivity index (χ0v) is 11.0. The number of aliphatic hydroxyl groups is 1. The van der Waals surface area contributed by atoms with E-state index >= 15 is 0 Å². The van der Waals surface area contributed by atoms with Crippen LogP contribution in [0.1, 0.15) is 24.3 Å². The Morgan fingerprint density at radius 1 is 1.29 bits per heavy atom. The van der Waals surface area contributed by atoms with Crippen molar-refractivity contribution in [2.45, 2.75) is 20.0 Å². The van der Waals surface area contributed by atoms with Crippen molar-refractivity contribution >= 4 is 22.2 Å². The monoisotopic (exact) mass is 248 g/mol. The number of benzene rings is 1. The summed E-state index contributed by atoms with van der Waals surface area (Å²) in [4.78, 5) is 6.43. The van der Waals surface area contributed by atoms with Crippen LogP contribution >= 0.6 is 11.3 Å². The highest BCUT2D eigenvalue weighted by Gasteiger charge is 2.11. The fourth-order valence-corrected chi connectivity index (χ4v) is 2.40. The van der Waals surface area contributed by atoms with E-state index in [-0.39, 0.29) is 0 Å². The lowest BCUT2D eigenvalue weighted by molar-refractivity contribution is 0.195. The molecule has 0 radical (unpaired) electrons. The molecule has 0 amide bonds. The largest absolute Gasteiger partial charge is 0.387 e. The van der Waals surface area contributed by atoms with Gasteiger partial charge in [0.25, 0.3) is 0 Å². The second-order valence-corrected chi connectivity index (χ2v) is 4.96. The third-order valence-corrected chi connectivity index (χ3v) is 3.58. The average molecular weight is 248 g/mol. The summed E-state index contributed by atoms with van der Waals surface area (Å²) in [6, 6.07) is 8.29. The summed E-state index contributed by atoms with van der Waals surface area (Å²) in [5, 5.41) is 12.2. The summed E-state index contributed by atoms with van der Waals surface area (Å²) in [6.07, 6.45) is -0.508. The number of thiazole rings is 1. The van der Waals surface area contributed by atoms with Gasteiger partial charge in [-0.1, -0.05) is 17.7 Å². The standard InChI is InChI=1S/C13H16N2OS/c1-9-4-6-11(7-5-9)15(3)13-14-12(8-17-13)10(2)16/h4-8,10,16H,1-3H3. The molecule has 0 aliphatic carbocycles. The highest BCUT2D eigenvalue weighted by Crippen LogP contribution is 2.28. The number of aliphatic hydroxyl groups excluding tert-OH is 1. The van der Waals surface area contributed by atoms with Gasteiger partial charge in [0.05, 0.1) is 11.8 Å². The summed E-state index contributed by atoms with van der Waals surface area (Å²) < 4.78 is 0. The number of aryl methyl sites for hydroxylation is 1. The van der Waals surface area contributed by atoms with Crippen molar-refractivity contribution in [1.82, 2.24) is 4.98 Å². The van der Waals surface area contributed by atoms with Crippen LogP contribution in [0.25, 0.3) is 0 Å². The van der Waals surface area contributed by atoms with Gasteiger partial charge in [-0.2, -0.15) is 0 Å². The Hall–Kier alpha value is -1.39. The number of hydrogen-bond donors (Lipinski definition) is 1. The van der Waals surface area contributed by atoms with Gasteiger partial charge in [-0.3, -0.25) is 0 Å². The molecule has 1 aromatic carbocycles. The quantitative estimate of drug-likeness (QED) is 0.905. The number of nitrogens with zero attached hydrogens (tertiary/aromatic N) is 2. The average Bonchev–Trinajstić information content (AvgIpc) is 2.78. The minimum atomic E-state index is -0.508.